The average molecular weight is 262 g/mol. The average Bonchev–Trinajstić information content (AvgIpc) is 2.42. The Bertz CT molecular complexity index is 361. The van der Waals surface area contributed by atoms with E-state index in [1.54, 1.807) is 4.90 Å². The van der Waals surface area contributed by atoms with Gasteiger partial charge in [0.15, 0.2) is 0 Å². The molecule has 1 aliphatic rings. The van der Waals surface area contributed by atoms with E-state index in [9.17, 15) is 4.79 Å². The van der Waals surface area contributed by atoms with Crippen molar-refractivity contribution >= 4 is 5.91 Å². The molecule has 0 N–H and O–H groups in total. The predicted octanol–water partition coefficient (Wildman–Crippen LogP) is -0.000620. The van der Waals surface area contributed by atoms with Crippen LogP contribution in [0, 0.1) is 23.7 Å². The lowest BCUT2D eigenvalue weighted by molar-refractivity contribution is -0.132. The van der Waals surface area contributed by atoms with Crippen LogP contribution in [0.3, 0.4) is 0 Å². The van der Waals surface area contributed by atoms with Gasteiger partial charge in [-0.05, 0) is 6.92 Å². The maximum Gasteiger partial charge on any atom is 0.236 e. The summed E-state index contributed by atoms with van der Waals surface area (Å²) >= 11 is 0. The number of nitriles is 1. The van der Waals surface area contributed by atoms with Crippen molar-refractivity contribution in [1.82, 2.24) is 14.7 Å². The third-order valence-corrected chi connectivity index (χ3v) is 3.37. The molecule has 5 nitrogen and oxygen atoms in total. The molecule has 0 radical (unpaired) electrons. The van der Waals surface area contributed by atoms with E-state index in [-0.39, 0.29) is 5.91 Å². The van der Waals surface area contributed by atoms with Gasteiger partial charge in [0.05, 0.1) is 25.6 Å². The first kappa shape index (κ1) is 15.5. The van der Waals surface area contributed by atoms with Gasteiger partial charge in [-0.2, -0.15) is 5.26 Å². The molecule has 104 valence electrons. The highest BCUT2D eigenvalue weighted by molar-refractivity contribution is 5.78. The van der Waals surface area contributed by atoms with E-state index in [0.29, 0.717) is 32.6 Å². The van der Waals surface area contributed by atoms with Crippen LogP contribution in [-0.4, -0.2) is 73.0 Å². The SMILES string of the molecule is C#CCN1CCN(CC(=O)N(CC)CCC#N)CC1. The van der Waals surface area contributed by atoms with Gasteiger partial charge < -0.3 is 4.90 Å². The molecule has 0 saturated carbocycles. The highest BCUT2D eigenvalue weighted by Crippen LogP contribution is 2.02. The van der Waals surface area contributed by atoms with E-state index in [1.807, 2.05) is 6.92 Å². The molecule has 0 aromatic rings. The molecule has 19 heavy (non-hydrogen) atoms. The summed E-state index contributed by atoms with van der Waals surface area (Å²) < 4.78 is 0. The molecule has 1 rings (SSSR count). The minimum Gasteiger partial charge on any atom is -0.341 e. The van der Waals surface area contributed by atoms with Gasteiger partial charge in [-0.25, -0.2) is 0 Å². The lowest BCUT2D eigenvalue weighted by Gasteiger charge is -2.34. The molecule has 0 spiro atoms. The third kappa shape index (κ3) is 5.30. The van der Waals surface area contributed by atoms with Crippen molar-refractivity contribution in [1.29, 1.82) is 5.26 Å². The molecule has 1 fully saturated rings. The van der Waals surface area contributed by atoms with Crippen molar-refractivity contribution in [2.75, 3.05) is 52.4 Å². The minimum atomic E-state index is 0.114. The minimum absolute atomic E-state index is 0.114. The van der Waals surface area contributed by atoms with Crippen LogP contribution < -0.4 is 0 Å². The van der Waals surface area contributed by atoms with Crippen LogP contribution in [-0.2, 0) is 4.79 Å². The standard InChI is InChI=1S/C14H22N4O/c1-3-7-16-9-11-17(12-10-16)13-14(19)18(4-2)8-5-6-15/h1H,4-5,7-13H2,2H3. The first-order chi connectivity index (χ1) is 9.21. The van der Waals surface area contributed by atoms with Gasteiger partial charge in [0, 0.05) is 39.3 Å². The Morgan fingerprint density at radius 3 is 2.47 bits per heavy atom. The molecule has 0 aliphatic carbocycles. The second-order valence-corrected chi connectivity index (χ2v) is 4.64. The topological polar surface area (TPSA) is 50.6 Å². The van der Waals surface area contributed by atoms with Gasteiger partial charge in [-0.15, -0.1) is 6.42 Å². The fraction of sp³-hybridized carbons (Fsp3) is 0.714. The van der Waals surface area contributed by atoms with Crippen LogP contribution in [0.4, 0.5) is 0 Å². The third-order valence-electron chi connectivity index (χ3n) is 3.37. The van der Waals surface area contributed by atoms with Gasteiger partial charge in [-0.3, -0.25) is 14.6 Å². The number of carbonyl (C=O) groups is 1. The summed E-state index contributed by atoms with van der Waals surface area (Å²) in [5.41, 5.74) is 0. The number of terminal acetylenes is 1. The number of carbonyl (C=O) groups excluding carboxylic acids is 1. The fourth-order valence-electron chi connectivity index (χ4n) is 2.17. The van der Waals surface area contributed by atoms with E-state index < -0.39 is 0 Å². The number of hydrogen-bond acceptors (Lipinski definition) is 4. The first-order valence-corrected chi connectivity index (χ1v) is 6.74. The summed E-state index contributed by atoms with van der Waals surface area (Å²) in [4.78, 5) is 18.2. The van der Waals surface area contributed by atoms with Crippen LogP contribution in [0.2, 0.25) is 0 Å². The smallest absolute Gasteiger partial charge is 0.236 e. The summed E-state index contributed by atoms with van der Waals surface area (Å²) in [6.45, 7) is 7.87. The Hall–Kier alpha value is -1.56. The molecule has 5 heteroatoms. The molecule has 1 aliphatic heterocycles. The fourth-order valence-corrected chi connectivity index (χ4v) is 2.17. The first-order valence-electron chi connectivity index (χ1n) is 6.74. The summed E-state index contributed by atoms with van der Waals surface area (Å²) in [7, 11) is 0. The largest absolute Gasteiger partial charge is 0.341 e. The predicted molar refractivity (Wildman–Crippen MR) is 74.2 cm³/mol. The summed E-state index contributed by atoms with van der Waals surface area (Å²) in [5.74, 6) is 2.76. The second kappa shape index (κ2) is 8.53. The molecule has 0 atom stereocenters. The number of piperazine rings is 1. The molecule has 0 aromatic carbocycles. The van der Waals surface area contributed by atoms with Crippen molar-refractivity contribution in [2.45, 2.75) is 13.3 Å². The Balaban J connectivity index is 2.33. The maximum absolute atomic E-state index is 12.1. The molecule has 1 heterocycles. The summed E-state index contributed by atoms with van der Waals surface area (Å²) in [6, 6.07) is 2.08. The maximum atomic E-state index is 12.1. The number of hydrogen-bond donors (Lipinski definition) is 0. The van der Waals surface area contributed by atoms with Crippen molar-refractivity contribution in [3.05, 3.63) is 0 Å². The van der Waals surface area contributed by atoms with E-state index in [4.69, 9.17) is 11.7 Å². The highest BCUT2D eigenvalue weighted by Gasteiger charge is 2.20. The molecular weight excluding hydrogens is 240 g/mol. The van der Waals surface area contributed by atoms with Gasteiger partial charge in [0.2, 0.25) is 5.91 Å². The van der Waals surface area contributed by atoms with Crippen molar-refractivity contribution in [3.8, 4) is 18.4 Å². The number of amides is 1. The number of likely N-dealkylation sites (N-methyl/N-ethyl adjacent to an activating group) is 1. The van der Waals surface area contributed by atoms with Crippen molar-refractivity contribution in [2.24, 2.45) is 0 Å². The van der Waals surface area contributed by atoms with Crippen molar-refractivity contribution < 1.29 is 4.79 Å². The zero-order valence-corrected chi connectivity index (χ0v) is 11.6. The van der Waals surface area contributed by atoms with Crippen LogP contribution in [0.15, 0.2) is 0 Å². The Morgan fingerprint density at radius 1 is 1.32 bits per heavy atom. The Labute approximate surface area is 115 Å². The van der Waals surface area contributed by atoms with Crippen LogP contribution >= 0.6 is 0 Å². The lowest BCUT2D eigenvalue weighted by Crippen LogP contribution is -2.50. The van der Waals surface area contributed by atoms with E-state index in [1.165, 1.54) is 0 Å². The van der Waals surface area contributed by atoms with Gasteiger partial charge >= 0.3 is 0 Å². The van der Waals surface area contributed by atoms with Crippen molar-refractivity contribution in [3.63, 3.8) is 0 Å². The van der Waals surface area contributed by atoms with E-state index in [0.717, 1.165) is 26.2 Å². The molecule has 0 bridgehead atoms. The van der Waals surface area contributed by atoms with Gasteiger partial charge in [0.1, 0.15) is 0 Å². The van der Waals surface area contributed by atoms with Crippen LogP contribution in [0.1, 0.15) is 13.3 Å². The molecule has 1 amide bonds. The molecule has 0 unspecified atom stereocenters. The Kier molecular flexibility index (Phi) is 6.95. The second-order valence-electron chi connectivity index (χ2n) is 4.64. The van der Waals surface area contributed by atoms with Crippen LogP contribution in [0.5, 0.6) is 0 Å². The number of rotatable bonds is 6. The van der Waals surface area contributed by atoms with Gasteiger partial charge in [-0.1, -0.05) is 5.92 Å². The van der Waals surface area contributed by atoms with Crippen LogP contribution in [0.25, 0.3) is 0 Å². The molecule has 0 aromatic heterocycles. The Morgan fingerprint density at radius 2 is 1.95 bits per heavy atom. The highest BCUT2D eigenvalue weighted by atomic mass is 16.2. The quantitative estimate of drug-likeness (QED) is 0.632. The molecular formula is C14H22N4O. The van der Waals surface area contributed by atoms with Gasteiger partial charge in [0.25, 0.3) is 0 Å². The van der Waals surface area contributed by atoms with E-state index in [2.05, 4.69) is 21.8 Å². The molecule has 1 saturated heterocycles. The zero-order valence-electron chi connectivity index (χ0n) is 11.6. The lowest BCUT2D eigenvalue weighted by atomic mass is 10.3. The normalized spacial score (nSPS) is 16.6. The van der Waals surface area contributed by atoms with E-state index >= 15 is 0 Å². The summed E-state index contributed by atoms with van der Waals surface area (Å²) in [5, 5.41) is 8.57. The zero-order chi connectivity index (χ0) is 14.1. The monoisotopic (exact) mass is 262 g/mol. The number of nitrogens with zero attached hydrogens (tertiary/aromatic N) is 4. The summed E-state index contributed by atoms with van der Waals surface area (Å²) in [6.07, 6.45) is 5.68.